The molecule has 0 aliphatic carbocycles. The van der Waals surface area contributed by atoms with E-state index in [0.29, 0.717) is 5.56 Å². The van der Waals surface area contributed by atoms with Gasteiger partial charge < -0.3 is 16.2 Å². The Hall–Kier alpha value is -1.62. The Balaban J connectivity index is 2.76. The van der Waals surface area contributed by atoms with Crippen molar-refractivity contribution in [2.24, 2.45) is 17.4 Å². The van der Waals surface area contributed by atoms with Crippen molar-refractivity contribution in [2.45, 2.75) is 13.5 Å². The van der Waals surface area contributed by atoms with Gasteiger partial charge in [0.05, 0.1) is 12.5 Å². The number of amides is 1. The first-order chi connectivity index (χ1) is 7.56. The first-order valence-electron chi connectivity index (χ1n) is 4.95. The van der Waals surface area contributed by atoms with Crippen molar-refractivity contribution in [3.63, 3.8) is 0 Å². The van der Waals surface area contributed by atoms with E-state index in [0.717, 1.165) is 0 Å². The van der Waals surface area contributed by atoms with Crippen molar-refractivity contribution < 1.29 is 13.9 Å². The normalized spacial score (nSPS) is 12.2. The highest BCUT2D eigenvalue weighted by Crippen LogP contribution is 2.22. The zero-order chi connectivity index (χ0) is 12.1. The largest absolute Gasteiger partial charge is 0.489 e. The highest BCUT2D eigenvalue weighted by Gasteiger charge is 2.13. The van der Waals surface area contributed by atoms with Gasteiger partial charge in [-0.1, -0.05) is 19.1 Å². The van der Waals surface area contributed by atoms with Crippen LogP contribution in [0.2, 0.25) is 0 Å². The van der Waals surface area contributed by atoms with Gasteiger partial charge in [-0.15, -0.1) is 0 Å². The summed E-state index contributed by atoms with van der Waals surface area (Å²) in [6.07, 6.45) is 0. The zero-order valence-electron chi connectivity index (χ0n) is 9.07. The standard InChI is InChI=1S/C11H15FN2O2/c1-7(11(14)15)6-16-10-8(5-13)3-2-4-9(10)12/h2-4,7H,5-6,13H2,1H3,(H2,14,15). The van der Waals surface area contributed by atoms with Crippen LogP contribution in [-0.4, -0.2) is 12.5 Å². The smallest absolute Gasteiger partial charge is 0.223 e. The molecule has 1 amide bonds. The lowest BCUT2D eigenvalue weighted by molar-refractivity contribution is -0.122. The summed E-state index contributed by atoms with van der Waals surface area (Å²) in [5.41, 5.74) is 11.1. The van der Waals surface area contributed by atoms with Gasteiger partial charge >= 0.3 is 0 Å². The Morgan fingerprint density at radius 1 is 1.56 bits per heavy atom. The SMILES string of the molecule is CC(COc1c(F)cccc1CN)C(N)=O. The Labute approximate surface area is 93.4 Å². The van der Waals surface area contributed by atoms with E-state index in [-0.39, 0.29) is 18.9 Å². The summed E-state index contributed by atoms with van der Waals surface area (Å²) in [6, 6.07) is 4.51. The highest BCUT2D eigenvalue weighted by atomic mass is 19.1. The predicted molar refractivity (Wildman–Crippen MR) is 58.1 cm³/mol. The minimum Gasteiger partial charge on any atom is -0.489 e. The maximum atomic E-state index is 13.4. The van der Waals surface area contributed by atoms with Gasteiger partial charge in [0.15, 0.2) is 11.6 Å². The van der Waals surface area contributed by atoms with E-state index in [9.17, 15) is 9.18 Å². The van der Waals surface area contributed by atoms with Gasteiger partial charge in [0.25, 0.3) is 0 Å². The fourth-order valence-electron chi connectivity index (χ4n) is 1.17. The molecule has 88 valence electrons. The topological polar surface area (TPSA) is 78.3 Å². The second kappa shape index (κ2) is 5.46. The number of ether oxygens (including phenoxy) is 1. The number of hydrogen-bond donors (Lipinski definition) is 2. The number of benzene rings is 1. The molecule has 0 aliphatic rings. The molecule has 0 radical (unpaired) electrons. The Kier molecular flexibility index (Phi) is 4.25. The molecule has 1 unspecified atom stereocenters. The van der Waals surface area contributed by atoms with Crippen LogP contribution in [0.5, 0.6) is 5.75 Å². The maximum absolute atomic E-state index is 13.4. The van der Waals surface area contributed by atoms with Crippen molar-refractivity contribution in [1.82, 2.24) is 0 Å². The molecule has 0 bridgehead atoms. The first-order valence-corrected chi connectivity index (χ1v) is 4.95. The molecule has 0 aliphatic heterocycles. The molecule has 0 heterocycles. The third kappa shape index (κ3) is 2.93. The van der Waals surface area contributed by atoms with E-state index < -0.39 is 17.6 Å². The molecule has 1 atom stereocenters. The van der Waals surface area contributed by atoms with Crippen LogP contribution in [0.3, 0.4) is 0 Å². The van der Waals surface area contributed by atoms with Crippen LogP contribution < -0.4 is 16.2 Å². The van der Waals surface area contributed by atoms with E-state index in [2.05, 4.69) is 0 Å². The lowest BCUT2D eigenvalue weighted by Gasteiger charge is -2.13. The lowest BCUT2D eigenvalue weighted by Crippen LogP contribution is -2.26. The number of para-hydroxylation sites is 1. The third-order valence-electron chi connectivity index (χ3n) is 2.23. The summed E-state index contributed by atoms with van der Waals surface area (Å²) in [5.74, 6) is -1.34. The number of halogens is 1. The number of rotatable bonds is 5. The first kappa shape index (κ1) is 12.4. The molecule has 1 rings (SSSR count). The molecular weight excluding hydrogens is 211 g/mol. The molecule has 5 heteroatoms. The van der Waals surface area contributed by atoms with E-state index in [1.165, 1.54) is 6.07 Å². The molecule has 1 aromatic carbocycles. The van der Waals surface area contributed by atoms with Crippen LogP contribution in [0.4, 0.5) is 4.39 Å². The van der Waals surface area contributed by atoms with E-state index in [1.807, 2.05) is 0 Å². The molecular formula is C11H15FN2O2. The maximum Gasteiger partial charge on any atom is 0.223 e. The van der Waals surface area contributed by atoms with Gasteiger partial charge in [0, 0.05) is 12.1 Å². The summed E-state index contributed by atoms with van der Waals surface area (Å²) < 4.78 is 18.6. The number of nitrogens with two attached hydrogens (primary N) is 2. The molecule has 1 aromatic rings. The van der Waals surface area contributed by atoms with Crippen molar-refractivity contribution >= 4 is 5.91 Å². The van der Waals surface area contributed by atoms with Crippen LogP contribution in [0.25, 0.3) is 0 Å². The molecule has 4 nitrogen and oxygen atoms in total. The molecule has 0 fully saturated rings. The lowest BCUT2D eigenvalue weighted by atomic mass is 10.1. The molecule has 16 heavy (non-hydrogen) atoms. The van der Waals surface area contributed by atoms with E-state index in [1.54, 1.807) is 19.1 Å². The van der Waals surface area contributed by atoms with Crippen molar-refractivity contribution in [1.29, 1.82) is 0 Å². The second-order valence-corrected chi connectivity index (χ2v) is 3.55. The van der Waals surface area contributed by atoms with Crippen LogP contribution in [0, 0.1) is 11.7 Å². The Morgan fingerprint density at radius 3 is 2.81 bits per heavy atom. The highest BCUT2D eigenvalue weighted by molar-refractivity contribution is 5.76. The molecule has 0 spiro atoms. The van der Waals surface area contributed by atoms with Crippen molar-refractivity contribution in [3.05, 3.63) is 29.6 Å². The number of carbonyl (C=O) groups is 1. The number of primary amides is 1. The van der Waals surface area contributed by atoms with Crippen LogP contribution in [-0.2, 0) is 11.3 Å². The van der Waals surface area contributed by atoms with Crippen molar-refractivity contribution in [3.8, 4) is 5.75 Å². The Bertz CT molecular complexity index is 382. The van der Waals surface area contributed by atoms with Gasteiger partial charge in [-0.2, -0.15) is 0 Å². The average Bonchev–Trinajstić information content (AvgIpc) is 2.26. The predicted octanol–water partition coefficient (Wildman–Crippen LogP) is 0.785. The minimum absolute atomic E-state index is 0.0449. The number of carbonyl (C=O) groups excluding carboxylic acids is 1. The van der Waals surface area contributed by atoms with Gasteiger partial charge in [0.1, 0.15) is 0 Å². The Morgan fingerprint density at radius 2 is 2.25 bits per heavy atom. The summed E-state index contributed by atoms with van der Waals surface area (Å²) in [7, 11) is 0. The van der Waals surface area contributed by atoms with Gasteiger partial charge in [0.2, 0.25) is 5.91 Å². The van der Waals surface area contributed by atoms with Gasteiger partial charge in [-0.25, -0.2) is 4.39 Å². The number of hydrogen-bond acceptors (Lipinski definition) is 3. The zero-order valence-corrected chi connectivity index (χ0v) is 9.07. The molecule has 0 saturated carbocycles. The molecule has 0 aromatic heterocycles. The van der Waals surface area contributed by atoms with E-state index >= 15 is 0 Å². The monoisotopic (exact) mass is 226 g/mol. The van der Waals surface area contributed by atoms with Gasteiger partial charge in [-0.05, 0) is 6.07 Å². The van der Waals surface area contributed by atoms with Crippen LogP contribution >= 0.6 is 0 Å². The summed E-state index contributed by atoms with van der Waals surface area (Å²) in [6.45, 7) is 1.84. The fraction of sp³-hybridized carbons (Fsp3) is 0.364. The minimum atomic E-state index is -0.486. The van der Waals surface area contributed by atoms with Crippen molar-refractivity contribution in [2.75, 3.05) is 6.61 Å². The quantitative estimate of drug-likeness (QED) is 0.778. The van der Waals surface area contributed by atoms with Gasteiger partial charge in [-0.3, -0.25) is 4.79 Å². The fourth-order valence-corrected chi connectivity index (χ4v) is 1.17. The van der Waals surface area contributed by atoms with E-state index in [4.69, 9.17) is 16.2 Å². The van der Waals surface area contributed by atoms with Crippen LogP contribution in [0.15, 0.2) is 18.2 Å². The molecule has 4 N–H and O–H groups in total. The summed E-state index contributed by atoms with van der Waals surface area (Å²) >= 11 is 0. The summed E-state index contributed by atoms with van der Waals surface area (Å²) in [4.78, 5) is 10.8. The molecule has 0 saturated heterocycles. The second-order valence-electron chi connectivity index (χ2n) is 3.55. The average molecular weight is 226 g/mol. The van der Waals surface area contributed by atoms with Crippen LogP contribution in [0.1, 0.15) is 12.5 Å². The summed E-state index contributed by atoms with van der Waals surface area (Å²) in [5, 5.41) is 0. The third-order valence-corrected chi connectivity index (χ3v) is 2.23.